The van der Waals surface area contributed by atoms with E-state index in [1.54, 1.807) is 10.6 Å². The average molecular weight is 844 g/mol. The lowest BCUT2D eigenvalue weighted by molar-refractivity contribution is 1.15. The van der Waals surface area contributed by atoms with Crippen molar-refractivity contribution in [3.63, 3.8) is 0 Å². The lowest BCUT2D eigenvalue weighted by Crippen LogP contribution is -2.74. The third kappa shape index (κ3) is 5.33. The van der Waals surface area contributed by atoms with E-state index in [0.717, 1.165) is 59.3 Å². The van der Waals surface area contributed by atoms with Crippen molar-refractivity contribution in [1.82, 2.24) is 13.7 Å². The molecule has 0 spiro atoms. The molecule has 0 atom stereocenters. The minimum absolute atomic E-state index is 0.0658. The van der Waals surface area contributed by atoms with E-state index in [9.17, 15) is 6.85 Å². The van der Waals surface area contributed by atoms with Gasteiger partial charge in [0.15, 0.2) is 8.07 Å². The molecule has 0 saturated carbocycles. The third-order valence-electron chi connectivity index (χ3n) is 12.7. The fourth-order valence-corrected chi connectivity index (χ4v) is 14.9. The van der Waals surface area contributed by atoms with Gasteiger partial charge in [0.1, 0.15) is 0 Å². The number of fused-ring (bicyclic) bond motifs is 3. The fourth-order valence-electron chi connectivity index (χ4n) is 10.1. The molecule has 13 rings (SSSR count). The van der Waals surface area contributed by atoms with E-state index < -0.39 is 38.3 Å². The van der Waals surface area contributed by atoms with E-state index in [-0.39, 0.29) is 75.4 Å². The topological polar surface area (TPSA) is 14.8 Å². The molecule has 3 nitrogen and oxygen atoms in total. The zero-order chi connectivity index (χ0) is 52.6. The highest BCUT2D eigenvalue weighted by Crippen LogP contribution is 2.43. The van der Waals surface area contributed by atoms with Crippen LogP contribution in [0.2, 0.25) is 0 Å². The van der Waals surface area contributed by atoms with E-state index in [4.69, 9.17) is 9.60 Å². The number of rotatable bonds is 8. The molecule has 0 aliphatic rings. The summed E-state index contributed by atoms with van der Waals surface area (Å²) in [5.74, 6) is 0. The Morgan fingerprint density at radius 3 is 1.44 bits per heavy atom. The van der Waals surface area contributed by atoms with Crippen molar-refractivity contribution in [3.8, 4) is 28.2 Å². The maximum atomic E-state index is 10.2. The minimum atomic E-state index is -3.41. The smallest absolute Gasteiger partial charge is 0.179 e. The predicted molar refractivity (Wildman–Crippen MR) is 272 cm³/mol. The summed E-state index contributed by atoms with van der Waals surface area (Å²) in [4.78, 5) is 0. The number of hydrogen-bond acceptors (Lipinski definition) is 0. The monoisotopic (exact) mass is 843 g/mol. The first-order valence-corrected chi connectivity index (χ1v) is 23.1. The van der Waals surface area contributed by atoms with Gasteiger partial charge in [-0.3, -0.25) is 0 Å². The molecule has 4 heteroatoms. The molecule has 64 heavy (non-hydrogen) atoms. The number of benzene rings is 10. The Morgan fingerprint density at radius 2 is 0.797 bits per heavy atom. The first-order valence-electron chi connectivity index (χ1n) is 27.1. The summed E-state index contributed by atoms with van der Waals surface area (Å²) in [7, 11) is -3.41. The van der Waals surface area contributed by atoms with Crippen LogP contribution in [0.5, 0.6) is 0 Å². The molecule has 0 saturated heterocycles. The highest BCUT2D eigenvalue weighted by Gasteiger charge is 2.41. The summed E-state index contributed by atoms with van der Waals surface area (Å²) in [6.07, 6.45) is 0. The second-order valence-corrected chi connectivity index (χ2v) is 19.8. The number of nitrogens with zero attached hydrogens (tertiary/aromatic N) is 3. The SMILES string of the molecule is [2H]c1c([2H])c([2H])c(-c2cccc([Si](c3ccccc3)(c3ccccc3)c3ccc(-n4c5c([2H])c([2H])c([2H])c([2H])c5c5c([2H])c(-n6c7cccc8c7c7c(cccc76)n8-c6ccccc6)c([2H])c([2H])c54)cc3)c2)c([2H])c1[2H]. The summed E-state index contributed by atoms with van der Waals surface area (Å²) in [6, 6.07) is 52.9. The molecule has 13 aromatic rings. The summed E-state index contributed by atoms with van der Waals surface area (Å²) >= 11 is 0. The Kier molecular flexibility index (Phi) is 5.94. The van der Waals surface area contributed by atoms with Crippen molar-refractivity contribution in [3.05, 3.63) is 248 Å². The Hall–Kier alpha value is -8.18. The van der Waals surface area contributed by atoms with Crippen molar-refractivity contribution in [2.45, 2.75) is 0 Å². The first kappa shape index (κ1) is 26.3. The summed E-state index contributed by atoms with van der Waals surface area (Å²) in [5, 5.41) is 5.79. The van der Waals surface area contributed by atoms with Gasteiger partial charge in [0.2, 0.25) is 0 Å². The minimum Gasteiger partial charge on any atom is -0.309 e. The Morgan fingerprint density at radius 1 is 0.312 bits per heavy atom. The van der Waals surface area contributed by atoms with Gasteiger partial charge in [0.25, 0.3) is 0 Å². The quantitative estimate of drug-likeness (QED) is 0.107. The number of hydrogen-bond donors (Lipinski definition) is 0. The van der Waals surface area contributed by atoms with Gasteiger partial charge < -0.3 is 13.7 Å². The standard InChI is InChI=1S/C60H41N3Si/c1-5-18-42(19-6-1)43-20-15-27-50(40-43)64(47-23-9-3-10-24-47,48-25-11-4-12-26-48)49-37-34-45(35-38-49)61-53-29-14-13-28-51(53)52-41-46(36-39-54(52)61)63-57-32-16-30-55-59(57)60-56(31-17-33-58(60)63)62(55)44-21-7-2-8-22-44/h1-41H/i1D,5D,6D,13D,14D,18D,19D,28D,29D,36D,39D,41D. The van der Waals surface area contributed by atoms with Crippen LogP contribution in [0.1, 0.15) is 16.4 Å². The molecule has 3 heterocycles. The zero-order valence-corrected chi connectivity index (χ0v) is 35.1. The van der Waals surface area contributed by atoms with Crippen molar-refractivity contribution in [2.24, 2.45) is 0 Å². The highest BCUT2D eigenvalue weighted by atomic mass is 28.3. The van der Waals surface area contributed by atoms with Crippen molar-refractivity contribution in [2.75, 3.05) is 0 Å². The Balaban J connectivity index is 1.07. The molecule has 0 amide bonds. The Bertz CT molecular complexity index is 4400. The van der Waals surface area contributed by atoms with Crippen molar-refractivity contribution >= 4 is 83.5 Å². The molecule has 3 aromatic heterocycles. The van der Waals surface area contributed by atoms with Gasteiger partial charge in [-0.2, -0.15) is 0 Å². The maximum Gasteiger partial charge on any atom is 0.179 e. The third-order valence-corrected chi connectivity index (χ3v) is 17.5. The van der Waals surface area contributed by atoms with Crippen LogP contribution in [0.3, 0.4) is 0 Å². The van der Waals surface area contributed by atoms with E-state index >= 15 is 0 Å². The second kappa shape index (κ2) is 14.5. The number of aromatic nitrogens is 3. The summed E-state index contributed by atoms with van der Waals surface area (Å²) in [6.45, 7) is 0. The molecule has 0 radical (unpaired) electrons. The van der Waals surface area contributed by atoms with Crippen LogP contribution in [-0.2, 0) is 0 Å². The van der Waals surface area contributed by atoms with Gasteiger partial charge in [-0.05, 0) is 105 Å². The highest BCUT2D eigenvalue weighted by molar-refractivity contribution is 7.19. The van der Waals surface area contributed by atoms with Crippen molar-refractivity contribution in [1.29, 1.82) is 0 Å². The van der Waals surface area contributed by atoms with Crippen molar-refractivity contribution < 1.29 is 16.4 Å². The average Bonchev–Trinajstić information content (AvgIpc) is 4.32. The van der Waals surface area contributed by atoms with Crippen LogP contribution in [0.15, 0.2) is 248 Å². The van der Waals surface area contributed by atoms with Gasteiger partial charge in [0, 0.05) is 38.6 Å². The molecule has 300 valence electrons. The summed E-state index contributed by atoms with van der Waals surface area (Å²) < 4.78 is 116. The first-order chi connectivity index (χ1) is 36.8. The van der Waals surface area contributed by atoms with Crippen LogP contribution in [0, 0.1) is 0 Å². The molecular formula is C60H41N3Si. The molecular weight excluding hydrogens is 791 g/mol. The van der Waals surface area contributed by atoms with E-state index in [1.807, 2.05) is 150 Å². The zero-order valence-electron chi connectivity index (χ0n) is 46.1. The largest absolute Gasteiger partial charge is 0.309 e. The lowest BCUT2D eigenvalue weighted by Gasteiger charge is -2.35. The van der Waals surface area contributed by atoms with Crippen LogP contribution in [-0.4, -0.2) is 21.8 Å². The Labute approximate surface area is 389 Å². The van der Waals surface area contributed by atoms with Gasteiger partial charge in [-0.25, -0.2) is 0 Å². The molecule has 0 unspecified atom stereocenters. The van der Waals surface area contributed by atoms with Gasteiger partial charge >= 0.3 is 0 Å². The van der Waals surface area contributed by atoms with E-state index in [1.165, 1.54) is 0 Å². The van der Waals surface area contributed by atoms with Crippen LogP contribution < -0.4 is 20.7 Å². The lowest BCUT2D eigenvalue weighted by atomic mass is 10.1. The van der Waals surface area contributed by atoms with Crippen LogP contribution in [0.25, 0.3) is 82.8 Å². The second-order valence-electron chi connectivity index (χ2n) is 16.0. The van der Waals surface area contributed by atoms with E-state index in [0.29, 0.717) is 11.3 Å². The molecule has 0 aliphatic carbocycles. The number of para-hydroxylation sites is 2. The fraction of sp³-hybridized carbons (Fsp3) is 0. The molecule has 10 aromatic carbocycles. The molecule has 0 N–H and O–H groups in total. The van der Waals surface area contributed by atoms with Gasteiger partial charge in [-0.1, -0.05) is 176 Å². The molecule has 0 aliphatic heterocycles. The molecule has 0 bridgehead atoms. The normalized spacial score (nSPS) is 14.7. The maximum absolute atomic E-state index is 10.2. The van der Waals surface area contributed by atoms with Crippen LogP contribution in [0.4, 0.5) is 0 Å². The van der Waals surface area contributed by atoms with Gasteiger partial charge in [0.05, 0.1) is 49.5 Å². The molecule has 0 fully saturated rings. The van der Waals surface area contributed by atoms with E-state index in [2.05, 4.69) is 28.8 Å². The predicted octanol–water partition coefficient (Wildman–Crippen LogP) is 12.3. The summed E-state index contributed by atoms with van der Waals surface area (Å²) in [5.41, 5.74) is 5.56. The van der Waals surface area contributed by atoms with Gasteiger partial charge in [-0.15, -0.1) is 0 Å². The van der Waals surface area contributed by atoms with Crippen LogP contribution >= 0.6 is 0 Å².